The van der Waals surface area contributed by atoms with Crippen LogP contribution in [0.25, 0.3) is 11.4 Å². The minimum atomic E-state index is 0.769. The van der Waals surface area contributed by atoms with Crippen LogP contribution in [0.4, 0.5) is 0 Å². The van der Waals surface area contributed by atoms with Gasteiger partial charge in [0.1, 0.15) is 5.75 Å². The summed E-state index contributed by atoms with van der Waals surface area (Å²) in [6.45, 7) is 5.25. The van der Waals surface area contributed by atoms with Gasteiger partial charge in [0.25, 0.3) is 0 Å². The molecule has 0 bridgehead atoms. The van der Waals surface area contributed by atoms with Crippen LogP contribution in [-0.4, -0.2) is 16.6 Å². The van der Waals surface area contributed by atoms with Crippen molar-refractivity contribution in [2.75, 3.05) is 6.61 Å². The highest BCUT2D eigenvalue weighted by atomic mass is 16.5. The van der Waals surface area contributed by atoms with Crippen molar-refractivity contribution in [2.24, 2.45) is 0 Å². The van der Waals surface area contributed by atoms with Gasteiger partial charge in [0.15, 0.2) is 5.82 Å². The molecule has 1 heterocycles. The van der Waals surface area contributed by atoms with Crippen LogP contribution in [0.2, 0.25) is 0 Å². The fourth-order valence-electron chi connectivity index (χ4n) is 3.58. The minimum Gasteiger partial charge on any atom is -0.494 e. The van der Waals surface area contributed by atoms with E-state index < -0.39 is 0 Å². The van der Waals surface area contributed by atoms with Crippen LogP contribution in [0.5, 0.6) is 5.75 Å². The summed E-state index contributed by atoms with van der Waals surface area (Å²) in [6.07, 6.45) is 24.8. The standard InChI is InChI=1S/C28H42N2O/c1-3-5-7-9-11-13-15-17-25-23-29-28(30-24-25)26-18-20-27(21-19-26)31-22-16-14-12-10-8-6-4-2/h8,10,18-21,23-24H,3-7,9,11-17,22H2,1-2H3/b10-8-. The largest absolute Gasteiger partial charge is 0.494 e. The smallest absolute Gasteiger partial charge is 0.159 e. The molecule has 2 rings (SSSR count). The molecule has 0 N–H and O–H groups in total. The summed E-state index contributed by atoms with van der Waals surface area (Å²) in [4.78, 5) is 9.15. The molecule has 0 saturated heterocycles. The van der Waals surface area contributed by atoms with Gasteiger partial charge in [-0.25, -0.2) is 9.97 Å². The number of hydrogen-bond donors (Lipinski definition) is 0. The summed E-state index contributed by atoms with van der Waals surface area (Å²) in [5.74, 6) is 1.70. The van der Waals surface area contributed by atoms with Gasteiger partial charge < -0.3 is 4.74 Å². The van der Waals surface area contributed by atoms with E-state index in [0.717, 1.165) is 43.0 Å². The summed E-state index contributed by atoms with van der Waals surface area (Å²) < 4.78 is 5.86. The first kappa shape index (κ1) is 25.1. The molecule has 3 nitrogen and oxygen atoms in total. The number of ether oxygens (including phenoxy) is 1. The lowest BCUT2D eigenvalue weighted by Crippen LogP contribution is -1.97. The maximum atomic E-state index is 5.86. The average Bonchev–Trinajstić information content (AvgIpc) is 2.81. The molecule has 0 fully saturated rings. The van der Waals surface area contributed by atoms with Crippen LogP contribution < -0.4 is 4.74 Å². The van der Waals surface area contributed by atoms with Crippen molar-refractivity contribution in [2.45, 2.75) is 97.3 Å². The SMILES string of the molecule is CCC/C=C\CCCCOc1ccc(-c2ncc(CCCCCCCCC)cn2)cc1. The molecule has 0 saturated carbocycles. The Morgan fingerprint density at radius 1 is 0.710 bits per heavy atom. The quantitative estimate of drug-likeness (QED) is 0.190. The number of allylic oxidation sites excluding steroid dienone is 2. The number of aryl methyl sites for hydroxylation is 1. The first-order chi connectivity index (χ1) is 15.3. The average molecular weight is 423 g/mol. The van der Waals surface area contributed by atoms with Gasteiger partial charge in [-0.2, -0.15) is 0 Å². The Hall–Kier alpha value is -2.16. The molecule has 2 aromatic rings. The second kappa shape index (κ2) is 16.5. The van der Waals surface area contributed by atoms with E-state index in [-0.39, 0.29) is 0 Å². The van der Waals surface area contributed by atoms with E-state index in [1.807, 2.05) is 36.7 Å². The van der Waals surface area contributed by atoms with Crippen LogP contribution in [-0.2, 0) is 6.42 Å². The zero-order chi connectivity index (χ0) is 22.0. The van der Waals surface area contributed by atoms with E-state index >= 15 is 0 Å². The van der Waals surface area contributed by atoms with Crippen molar-refractivity contribution in [1.82, 2.24) is 9.97 Å². The van der Waals surface area contributed by atoms with E-state index in [4.69, 9.17) is 4.74 Å². The van der Waals surface area contributed by atoms with Gasteiger partial charge in [0.05, 0.1) is 6.61 Å². The summed E-state index contributed by atoms with van der Waals surface area (Å²) >= 11 is 0. The summed E-state index contributed by atoms with van der Waals surface area (Å²) in [7, 11) is 0. The molecule has 0 radical (unpaired) electrons. The topological polar surface area (TPSA) is 35.0 Å². The molecule has 1 aromatic carbocycles. The predicted molar refractivity (Wildman–Crippen MR) is 133 cm³/mol. The monoisotopic (exact) mass is 422 g/mol. The molecule has 0 atom stereocenters. The van der Waals surface area contributed by atoms with Gasteiger partial charge in [-0.3, -0.25) is 0 Å². The molecular weight excluding hydrogens is 380 g/mol. The first-order valence-electron chi connectivity index (χ1n) is 12.5. The summed E-state index contributed by atoms with van der Waals surface area (Å²) in [5.41, 5.74) is 2.28. The minimum absolute atomic E-state index is 0.769. The Balaban J connectivity index is 1.65. The van der Waals surface area contributed by atoms with E-state index in [1.165, 1.54) is 69.8 Å². The second-order valence-corrected chi connectivity index (χ2v) is 8.41. The van der Waals surface area contributed by atoms with Crippen LogP contribution in [0.1, 0.15) is 96.5 Å². The van der Waals surface area contributed by atoms with Crippen LogP contribution in [0.15, 0.2) is 48.8 Å². The molecular formula is C28H42N2O. The molecule has 0 aliphatic heterocycles. The van der Waals surface area contributed by atoms with Crippen molar-refractivity contribution in [1.29, 1.82) is 0 Å². The number of nitrogens with zero attached hydrogens (tertiary/aromatic N) is 2. The third-order valence-electron chi connectivity index (χ3n) is 5.54. The Bertz CT molecular complexity index is 707. The highest BCUT2D eigenvalue weighted by molar-refractivity contribution is 5.55. The highest BCUT2D eigenvalue weighted by Crippen LogP contribution is 2.20. The normalized spacial score (nSPS) is 11.3. The number of unbranched alkanes of at least 4 members (excludes halogenated alkanes) is 9. The fraction of sp³-hybridized carbons (Fsp3) is 0.571. The van der Waals surface area contributed by atoms with Gasteiger partial charge in [0, 0.05) is 18.0 Å². The Labute approximate surface area is 190 Å². The lowest BCUT2D eigenvalue weighted by molar-refractivity contribution is 0.307. The lowest BCUT2D eigenvalue weighted by atomic mass is 10.1. The van der Waals surface area contributed by atoms with Gasteiger partial charge in [-0.1, -0.05) is 70.9 Å². The predicted octanol–water partition coefficient (Wildman–Crippen LogP) is 8.34. The van der Waals surface area contributed by atoms with Crippen molar-refractivity contribution < 1.29 is 4.74 Å². The molecule has 3 heteroatoms. The third kappa shape index (κ3) is 11.1. The number of rotatable bonds is 17. The van der Waals surface area contributed by atoms with Crippen LogP contribution >= 0.6 is 0 Å². The van der Waals surface area contributed by atoms with Gasteiger partial charge in [-0.05, 0) is 68.4 Å². The maximum Gasteiger partial charge on any atom is 0.159 e. The van der Waals surface area contributed by atoms with Gasteiger partial charge >= 0.3 is 0 Å². The second-order valence-electron chi connectivity index (χ2n) is 8.41. The zero-order valence-corrected chi connectivity index (χ0v) is 19.8. The third-order valence-corrected chi connectivity index (χ3v) is 5.54. The van der Waals surface area contributed by atoms with E-state index in [1.54, 1.807) is 0 Å². The Morgan fingerprint density at radius 3 is 2.10 bits per heavy atom. The molecule has 0 aliphatic carbocycles. The van der Waals surface area contributed by atoms with Crippen molar-refractivity contribution in [3.63, 3.8) is 0 Å². The Morgan fingerprint density at radius 2 is 1.39 bits per heavy atom. The maximum absolute atomic E-state index is 5.86. The number of benzene rings is 1. The van der Waals surface area contributed by atoms with Crippen LogP contribution in [0.3, 0.4) is 0 Å². The van der Waals surface area contributed by atoms with Crippen molar-refractivity contribution in [3.05, 3.63) is 54.4 Å². The molecule has 1 aromatic heterocycles. The molecule has 170 valence electrons. The first-order valence-corrected chi connectivity index (χ1v) is 12.5. The Kier molecular flexibility index (Phi) is 13.4. The molecule has 0 aliphatic rings. The van der Waals surface area contributed by atoms with E-state index in [2.05, 4.69) is 36.0 Å². The fourth-order valence-corrected chi connectivity index (χ4v) is 3.58. The van der Waals surface area contributed by atoms with E-state index in [0.29, 0.717) is 0 Å². The lowest BCUT2D eigenvalue weighted by Gasteiger charge is -2.07. The molecule has 0 spiro atoms. The van der Waals surface area contributed by atoms with Crippen molar-refractivity contribution >= 4 is 0 Å². The molecule has 31 heavy (non-hydrogen) atoms. The molecule has 0 unspecified atom stereocenters. The van der Waals surface area contributed by atoms with Gasteiger partial charge in [-0.15, -0.1) is 0 Å². The molecule has 0 amide bonds. The van der Waals surface area contributed by atoms with E-state index in [9.17, 15) is 0 Å². The van der Waals surface area contributed by atoms with Crippen LogP contribution in [0, 0.1) is 0 Å². The van der Waals surface area contributed by atoms with Gasteiger partial charge in [0.2, 0.25) is 0 Å². The zero-order valence-electron chi connectivity index (χ0n) is 19.8. The van der Waals surface area contributed by atoms with Crippen molar-refractivity contribution in [3.8, 4) is 17.1 Å². The summed E-state index contributed by atoms with van der Waals surface area (Å²) in [6, 6.07) is 8.14. The summed E-state index contributed by atoms with van der Waals surface area (Å²) in [5, 5.41) is 0. The number of aromatic nitrogens is 2. The highest BCUT2D eigenvalue weighted by Gasteiger charge is 2.03. The number of hydrogen-bond acceptors (Lipinski definition) is 3.